The molecule has 2 heteroatoms. The Morgan fingerprint density at radius 1 is 0.571 bits per heavy atom. The molecule has 12 aliphatic carbocycles. The summed E-state index contributed by atoms with van der Waals surface area (Å²) in [4.78, 5) is 0. The van der Waals surface area contributed by atoms with Crippen LogP contribution in [0.1, 0.15) is 139 Å². The van der Waals surface area contributed by atoms with Gasteiger partial charge in [0, 0.05) is 11.0 Å². The van der Waals surface area contributed by atoms with E-state index in [0.717, 1.165) is 59.9 Å². The van der Waals surface area contributed by atoms with Crippen LogP contribution in [0, 0.1) is 53.3 Å². The van der Waals surface area contributed by atoms with Crippen molar-refractivity contribution in [1.82, 2.24) is 0 Å². The Kier molecular flexibility index (Phi) is 5.05. The van der Waals surface area contributed by atoms with Crippen molar-refractivity contribution in [2.24, 2.45) is 53.3 Å². The molecule has 13 aliphatic rings. The first-order valence-electron chi connectivity index (χ1n) is 18.9. The van der Waals surface area contributed by atoms with Crippen LogP contribution in [0.4, 0.5) is 0 Å². The van der Waals surface area contributed by atoms with E-state index in [1.165, 1.54) is 102 Å². The summed E-state index contributed by atoms with van der Waals surface area (Å²) < 4.78 is 13.2. The molecule has 0 amide bonds. The highest BCUT2D eigenvalue weighted by Gasteiger charge is 2.59. The van der Waals surface area contributed by atoms with Gasteiger partial charge in [-0.3, -0.25) is 0 Å². The third kappa shape index (κ3) is 3.60. The molecule has 2 nitrogen and oxygen atoms in total. The first-order chi connectivity index (χ1) is 20.4. The van der Waals surface area contributed by atoms with E-state index in [1.807, 2.05) is 5.56 Å². The molecule has 1 heterocycles. The minimum absolute atomic E-state index is 0.175. The van der Waals surface area contributed by atoms with Gasteiger partial charge in [-0.25, -0.2) is 0 Å². The molecule has 14 rings (SSSR count). The fourth-order valence-corrected chi connectivity index (χ4v) is 15.9. The van der Waals surface area contributed by atoms with Gasteiger partial charge in [0.05, 0.1) is 6.61 Å². The normalized spacial score (nSPS) is 54.5. The van der Waals surface area contributed by atoms with Gasteiger partial charge >= 0.3 is 0 Å². The van der Waals surface area contributed by atoms with E-state index in [-0.39, 0.29) is 6.10 Å². The lowest BCUT2D eigenvalue weighted by atomic mass is 9.43. The molecular weight excluding hydrogens is 512 g/mol. The van der Waals surface area contributed by atoms with Gasteiger partial charge in [-0.05, 0) is 204 Å². The molecule has 1 aliphatic heterocycles. The summed E-state index contributed by atoms with van der Waals surface area (Å²) in [7, 11) is 0. The lowest BCUT2D eigenvalue weighted by Crippen LogP contribution is -2.53. The van der Waals surface area contributed by atoms with Crippen LogP contribution < -0.4 is 4.74 Å². The lowest BCUT2D eigenvalue weighted by Gasteiger charge is -2.61. The summed E-state index contributed by atoms with van der Waals surface area (Å²) in [5, 5.41) is 0. The Balaban J connectivity index is 1.13. The number of benzene rings is 1. The Labute approximate surface area is 254 Å². The molecule has 0 aromatic heterocycles. The minimum atomic E-state index is 0.175. The van der Waals surface area contributed by atoms with Crippen LogP contribution in [0.3, 0.4) is 0 Å². The van der Waals surface area contributed by atoms with Crippen molar-refractivity contribution in [3.63, 3.8) is 0 Å². The van der Waals surface area contributed by atoms with E-state index in [4.69, 9.17) is 9.47 Å². The highest BCUT2D eigenvalue weighted by Crippen LogP contribution is 2.68. The van der Waals surface area contributed by atoms with Crippen molar-refractivity contribution >= 4 is 0 Å². The van der Waals surface area contributed by atoms with Crippen molar-refractivity contribution in [2.75, 3.05) is 6.61 Å². The van der Waals surface area contributed by atoms with Gasteiger partial charge in [0.2, 0.25) is 0 Å². The number of hydrogen-bond donors (Lipinski definition) is 0. The molecule has 1 saturated heterocycles. The largest absolute Gasteiger partial charge is 0.488 e. The zero-order valence-electron chi connectivity index (χ0n) is 26.3. The smallest absolute Gasteiger partial charge is 0.124 e. The van der Waals surface area contributed by atoms with Gasteiger partial charge in [0.25, 0.3) is 0 Å². The van der Waals surface area contributed by atoms with Gasteiger partial charge in [-0.15, -0.1) is 0 Å². The Hall–Kier alpha value is -1.02. The molecule has 1 aromatic carbocycles. The maximum Gasteiger partial charge on any atom is 0.124 e. The fourth-order valence-electron chi connectivity index (χ4n) is 15.9. The van der Waals surface area contributed by atoms with E-state index in [1.54, 1.807) is 30.4 Å². The molecule has 42 heavy (non-hydrogen) atoms. The SMILES string of the molecule is CC(Oc1cc(C23CC4CC(CC(C4)C2)C3)cc(C23CC4CC(CC(C4)C2)C3)c1C12CC3CC(CC(C3)C1)C2)C1CO1. The molecule has 12 bridgehead atoms. The van der Waals surface area contributed by atoms with Gasteiger partial charge < -0.3 is 9.47 Å². The van der Waals surface area contributed by atoms with Gasteiger partial charge in [0.15, 0.2) is 0 Å². The Morgan fingerprint density at radius 3 is 1.36 bits per heavy atom. The minimum Gasteiger partial charge on any atom is -0.488 e. The molecule has 0 radical (unpaired) electrons. The van der Waals surface area contributed by atoms with Gasteiger partial charge in [-0.1, -0.05) is 6.07 Å². The predicted molar refractivity (Wildman–Crippen MR) is 166 cm³/mol. The summed E-state index contributed by atoms with van der Waals surface area (Å²) in [6.45, 7) is 3.22. The molecule has 2 unspecified atom stereocenters. The quantitative estimate of drug-likeness (QED) is 0.320. The van der Waals surface area contributed by atoms with Crippen LogP contribution in [0.25, 0.3) is 0 Å². The van der Waals surface area contributed by atoms with E-state index >= 15 is 0 Å². The second-order valence-electron chi connectivity index (χ2n) is 19.2. The standard InChI is InChI=1S/C40H54O2/c1-23(36-22-41-36)42-35-12-33(38-13-24-2-25(14-38)4-26(3-24)15-38)11-34(39-16-27-5-28(17-39)7-29(6-27)18-39)37(35)40-19-30-8-31(20-40)10-32(9-30)21-40/h11-12,23-32,36H,2-10,13-22H2,1H3. The molecule has 12 saturated carbocycles. The second kappa shape index (κ2) is 8.41. The van der Waals surface area contributed by atoms with Crippen LogP contribution in [-0.2, 0) is 21.0 Å². The monoisotopic (exact) mass is 566 g/mol. The molecule has 13 fully saturated rings. The zero-order valence-corrected chi connectivity index (χ0v) is 26.3. The van der Waals surface area contributed by atoms with Crippen molar-refractivity contribution in [1.29, 1.82) is 0 Å². The van der Waals surface area contributed by atoms with Crippen LogP contribution >= 0.6 is 0 Å². The zero-order chi connectivity index (χ0) is 27.4. The van der Waals surface area contributed by atoms with Gasteiger partial charge in [-0.2, -0.15) is 0 Å². The lowest BCUT2D eigenvalue weighted by molar-refractivity contribution is -0.0199. The third-order valence-electron chi connectivity index (χ3n) is 16.1. The van der Waals surface area contributed by atoms with Crippen molar-refractivity contribution in [3.05, 3.63) is 28.8 Å². The van der Waals surface area contributed by atoms with Crippen LogP contribution in [-0.4, -0.2) is 18.8 Å². The molecular formula is C40H54O2. The van der Waals surface area contributed by atoms with Crippen LogP contribution in [0.15, 0.2) is 12.1 Å². The van der Waals surface area contributed by atoms with E-state index in [0.29, 0.717) is 22.3 Å². The number of hydrogen-bond acceptors (Lipinski definition) is 2. The molecule has 2 atom stereocenters. The van der Waals surface area contributed by atoms with E-state index < -0.39 is 0 Å². The second-order valence-corrected chi connectivity index (χ2v) is 19.2. The van der Waals surface area contributed by atoms with Crippen molar-refractivity contribution in [2.45, 2.75) is 151 Å². The first-order valence-corrected chi connectivity index (χ1v) is 18.9. The Bertz CT molecular complexity index is 1190. The van der Waals surface area contributed by atoms with Crippen LogP contribution in [0.5, 0.6) is 5.75 Å². The maximum atomic E-state index is 7.34. The molecule has 1 aromatic rings. The summed E-state index contributed by atoms with van der Waals surface area (Å²) in [6.07, 6.45) is 27.5. The van der Waals surface area contributed by atoms with Crippen molar-refractivity contribution in [3.8, 4) is 5.75 Å². The van der Waals surface area contributed by atoms with Crippen LogP contribution in [0.2, 0.25) is 0 Å². The summed E-state index contributed by atoms with van der Waals surface area (Å²) >= 11 is 0. The van der Waals surface area contributed by atoms with E-state index in [2.05, 4.69) is 19.1 Å². The summed E-state index contributed by atoms with van der Waals surface area (Å²) in [5.74, 6) is 10.2. The molecule has 226 valence electrons. The average Bonchev–Trinajstić information content (AvgIpc) is 3.76. The summed E-state index contributed by atoms with van der Waals surface area (Å²) in [6, 6.07) is 5.70. The summed E-state index contributed by atoms with van der Waals surface area (Å²) in [5.41, 5.74) is 6.68. The number of rotatable bonds is 6. The van der Waals surface area contributed by atoms with E-state index in [9.17, 15) is 0 Å². The topological polar surface area (TPSA) is 21.8 Å². The number of ether oxygens (including phenoxy) is 2. The number of epoxide rings is 1. The maximum absolute atomic E-state index is 7.34. The third-order valence-corrected chi connectivity index (χ3v) is 16.1. The highest BCUT2D eigenvalue weighted by molar-refractivity contribution is 5.55. The highest BCUT2D eigenvalue weighted by atomic mass is 16.6. The fraction of sp³-hybridized carbons (Fsp3) is 0.850. The first kappa shape index (κ1) is 25.2. The average molecular weight is 567 g/mol. The van der Waals surface area contributed by atoms with Crippen molar-refractivity contribution < 1.29 is 9.47 Å². The Morgan fingerprint density at radius 2 is 0.952 bits per heavy atom. The van der Waals surface area contributed by atoms with Gasteiger partial charge in [0.1, 0.15) is 18.0 Å². The predicted octanol–water partition coefficient (Wildman–Crippen LogP) is 9.26. The molecule has 0 spiro atoms. The molecule has 0 N–H and O–H groups in total.